The van der Waals surface area contributed by atoms with E-state index in [0.29, 0.717) is 5.69 Å². The summed E-state index contributed by atoms with van der Waals surface area (Å²) in [6.07, 6.45) is 0. The van der Waals surface area contributed by atoms with Gasteiger partial charge in [-0.15, -0.1) is 0 Å². The molecular weight excluding hydrogens is 308 g/mol. The Morgan fingerprint density at radius 1 is 1.32 bits per heavy atom. The highest BCUT2D eigenvalue weighted by Gasteiger charge is 2.11. The second-order valence-corrected chi connectivity index (χ2v) is 4.99. The molecule has 0 radical (unpaired) electrons. The van der Waals surface area contributed by atoms with Gasteiger partial charge in [0.1, 0.15) is 5.75 Å². The van der Waals surface area contributed by atoms with Gasteiger partial charge >= 0.3 is 0 Å². The molecular formula is C15H13ClN2O4. The minimum Gasteiger partial charge on any atom is -0.482 e. The van der Waals surface area contributed by atoms with Crippen molar-refractivity contribution in [3.05, 3.63) is 63.2 Å². The molecule has 0 aliphatic carbocycles. The second kappa shape index (κ2) is 6.91. The molecule has 1 amide bonds. The van der Waals surface area contributed by atoms with Crippen molar-refractivity contribution in [1.82, 2.24) is 0 Å². The van der Waals surface area contributed by atoms with E-state index in [1.54, 1.807) is 6.07 Å². The number of carbonyl (C=O) groups is 1. The number of nitro benzene ring substituents is 1. The number of nitrogens with zero attached hydrogens (tertiary/aromatic N) is 1. The van der Waals surface area contributed by atoms with Crippen LogP contribution in [0.15, 0.2) is 42.5 Å². The maximum atomic E-state index is 11.8. The molecule has 0 heterocycles. The second-order valence-electron chi connectivity index (χ2n) is 4.58. The zero-order valence-corrected chi connectivity index (χ0v) is 12.5. The first-order valence-electron chi connectivity index (χ1n) is 6.39. The minimum atomic E-state index is -0.555. The molecule has 0 aliphatic rings. The van der Waals surface area contributed by atoms with Crippen molar-refractivity contribution in [2.45, 2.75) is 6.92 Å². The van der Waals surface area contributed by atoms with Crippen molar-refractivity contribution in [3.63, 3.8) is 0 Å². The van der Waals surface area contributed by atoms with Gasteiger partial charge in [-0.25, -0.2) is 0 Å². The van der Waals surface area contributed by atoms with Crippen LogP contribution < -0.4 is 10.1 Å². The molecule has 2 rings (SSSR count). The van der Waals surface area contributed by atoms with E-state index in [1.165, 1.54) is 18.2 Å². The number of nitro groups is 1. The molecule has 7 heteroatoms. The third kappa shape index (κ3) is 4.20. The molecule has 0 bridgehead atoms. The lowest BCUT2D eigenvalue weighted by molar-refractivity contribution is -0.384. The van der Waals surface area contributed by atoms with Crippen LogP contribution in [0.25, 0.3) is 0 Å². The van der Waals surface area contributed by atoms with Crippen LogP contribution in [0.1, 0.15) is 5.56 Å². The number of nitrogens with one attached hydrogen (secondary N) is 1. The van der Waals surface area contributed by atoms with Gasteiger partial charge in [-0.2, -0.15) is 0 Å². The molecule has 114 valence electrons. The third-order valence-corrected chi connectivity index (χ3v) is 3.08. The molecule has 0 aromatic heterocycles. The van der Waals surface area contributed by atoms with Gasteiger partial charge in [-0.05, 0) is 30.7 Å². The zero-order valence-electron chi connectivity index (χ0n) is 11.7. The van der Waals surface area contributed by atoms with Crippen LogP contribution in [0.4, 0.5) is 11.4 Å². The van der Waals surface area contributed by atoms with Gasteiger partial charge in [0.25, 0.3) is 11.6 Å². The summed E-state index contributed by atoms with van der Waals surface area (Å²) in [4.78, 5) is 21.8. The first kappa shape index (κ1) is 15.8. The van der Waals surface area contributed by atoms with Crippen molar-refractivity contribution < 1.29 is 14.5 Å². The number of hydrogen-bond donors (Lipinski definition) is 1. The zero-order chi connectivity index (χ0) is 16.1. The van der Waals surface area contributed by atoms with Gasteiger partial charge in [0.2, 0.25) is 0 Å². The lowest BCUT2D eigenvalue weighted by Gasteiger charge is -2.09. The quantitative estimate of drug-likeness (QED) is 0.674. The van der Waals surface area contributed by atoms with Crippen LogP contribution in [0.2, 0.25) is 5.02 Å². The van der Waals surface area contributed by atoms with Crippen molar-refractivity contribution in [2.24, 2.45) is 0 Å². The lowest BCUT2D eigenvalue weighted by Crippen LogP contribution is -2.20. The number of halogens is 1. The number of carbonyl (C=O) groups excluding carboxylic acids is 1. The smallest absolute Gasteiger partial charge is 0.271 e. The number of amides is 1. The van der Waals surface area contributed by atoms with Crippen LogP contribution in [-0.2, 0) is 4.79 Å². The summed E-state index contributed by atoms with van der Waals surface area (Å²) in [5, 5.41) is 13.4. The molecule has 2 aromatic rings. The predicted molar refractivity (Wildman–Crippen MR) is 83.4 cm³/mol. The lowest BCUT2D eigenvalue weighted by atomic mass is 10.2. The van der Waals surface area contributed by atoms with Crippen LogP contribution in [0.5, 0.6) is 5.75 Å². The van der Waals surface area contributed by atoms with E-state index in [9.17, 15) is 14.9 Å². The Hall–Kier alpha value is -2.60. The van der Waals surface area contributed by atoms with Crippen LogP contribution in [0, 0.1) is 17.0 Å². The molecule has 6 nitrogen and oxygen atoms in total. The summed E-state index contributed by atoms with van der Waals surface area (Å²) in [6.45, 7) is 1.67. The van der Waals surface area contributed by atoms with Gasteiger partial charge in [-0.1, -0.05) is 23.7 Å². The van der Waals surface area contributed by atoms with Gasteiger partial charge in [-0.3, -0.25) is 14.9 Å². The summed E-state index contributed by atoms with van der Waals surface area (Å²) in [5.74, 6) is -0.133. The van der Waals surface area contributed by atoms with Crippen molar-refractivity contribution in [3.8, 4) is 5.75 Å². The number of rotatable bonds is 5. The monoisotopic (exact) mass is 320 g/mol. The van der Waals surface area contributed by atoms with E-state index < -0.39 is 4.92 Å². The third-order valence-electron chi connectivity index (χ3n) is 2.79. The standard InChI is InChI=1S/C15H13ClN2O4/c1-10-3-2-4-11(7-10)17-15(19)9-22-14-6-5-12(18(20)21)8-13(14)16/h2-8H,9H2,1H3,(H,17,19). The van der Waals surface area contributed by atoms with E-state index in [2.05, 4.69) is 5.32 Å². The number of hydrogen-bond acceptors (Lipinski definition) is 4. The fourth-order valence-electron chi connectivity index (χ4n) is 1.78. The highest BCUT2D eigenvalue weighted by atomic mass is 35.5. The van der Waals surface area contributed by atoms with Crippen molar-refractivity contribution in [2.75, 3.05) is 11.9 Å². The van der Waals surface area contributed by atoms with Crippen LogP contribution in [-0.4, -0.2) is 17.4 Å². The van der Waals surface area contributed by atoms with Gasteiger partial charge in [0.15, 0.2) is 6.61 Å². The topological polar surface area (TPSA) is 81.5 Å². The fraction of sp³-hybridized carbons (Fsp3) is 0.133. The average molecular weight is 321 g/mol. The van der Waals surface area contributed by atoms with Gasteiger partial charge in [0, 0.05) is 17.8 Å². The molecule has 0 atom stereocenters. The summed E-state index contributed by atoms with van der Waals surface area (Å²) in [5.41, 5.74) is 1.56. The Kier molecular flexibility index (Phi) is 4.95. The predicted octanol–water partition coefficient (Wildman–Crippen LogP) is 3.57. The Balaban J connectivity index is 1.95. The normalized spacial score (nSPS) is 10.1. The molecule has 2 aromatic carbocycles. The number of anilines is 1. The average Bonchev–Trinajstić information content (AvgIpc) is 2.45. The maximum Gasteiger partial charge on any atom is 0.271 e. The summed E-state index contributed by atoms with van der Waals surface area (Å²) in [7, 11) is 0. The van der Waals surface area contributed by atoms with Crippen LogP contribution in [0.3, 0.4) is 0 Å². The Morgan fingerprint density at radius 2 is 2.09 bits per heavy atom. The highest BCUT2D eigenvalue weighted by molar-refractivity contribution is 6.32. The molecule has 1 N–H and O–H groups in total. The van der Waals surface area contributed by atoms with E-state index in [-0.39, 0.29) is 29.0 Å². The van der Waals surface area contributed by atoms with Crippen LogP contribution >= 0.6 is 11.6 Å². The molecule has 0 spiro atoms. The van der Waals surface area contributed by atoms with E-state index in [1.807, 2.05) is 25.1 Å². The van der Waals surface area contributed by atoms with E-state index in [0.717, 1.165) is 5.56 Å². The number of aryl methyl sites for hydroxylation is 1. The first-order valence-corrected chi connectivity index (χ1v) is 6.77. The van der Waals surface area contributed by atoms with E-state index in [4.69, 9.17) is 16.3 Å². The highest BCUT2D eigenvalue weighted by Crippen LogP contribution is 2.28. The largest absolute Gasteiger partial charge is 0.482 e. The Labute approximate surface area is 131 Å². The molecule has 0 aliphatic heterocycles. The summed E-state index contributed by atoms with van der Waals surface area (Å²) >= 11 is 5.88. The summed E-state index contributed by atoms with van der Waals surface area (Å²) < 4.78 is 5.27. The molecule has 0 saturated heterocycles. The SMILES string of the molecule is Cc1cccc(NC(=O)COc2ccc([N+](=O)[O-])cc2Cl)c1. The first-order chi connectivity index (χ1) is 10.5. The number of non-ortho nitro benzene ring substituents is 1. The van der Waals surface area contributed by atoms with Crippen molar-refractivity contribution in [1.29, 1.82) is 0 Å². The minimum absolute atomic E-state index is 0.0811. The fourth-order valence-corrected chi connectivity index (χ4v) is 2.01. The number of ether oxygens (including phenoxy) is 1. The van der Waals surface area contributed by atoms with Gasteiger partial charge < -0.3 is 10.1 Å². The molecule has 22 heavy (non-hydrogen) atoms. The maximum absolute atomic E-state index is 11.8. The van der Waals surface area contributed by atoms with Crippen molar-refractivity contribution >= 4 is 28.9 Å². The molecule has 0 unspecified atom stereocenters. The van der Waals surface area contributed by atoms with Gasteiger partial charge in [0.05, 0.1) is 9.95 Å². The van der Waals surface area contributed by atoms with E-state index >= 15 is 0 Å². The Morgan fingerprint density at radius 3 is 2.73 bits per heavy atom. The number of benzene rings is 2. The summed E-state index contributed by atoms with van der Waals surface area (Å²) in [6, 6.07) is 11.2. The molecule has 0 saturated carbocycles. The Bertz CT molecular complexity index is 718. The molecule has 0 fully saturated rings.